The van der Waals surface area contributed by atoms with Gasteiger partial charge in [-0.25, -0.2) is 0 Å². The number of allylic oxidation sites excluding steroid dienone is 3. The molecule has 0 amide bonds. The summed E-state index contributed by atoms with van der Waals surface area (Å²) in [6.07, 6.45) is 9.54. The topological polar surface area (TPSA) is 38.0 Å². The highest BCUT2D eigenvalue weighted by Gasteiger charge is 1.99. The highest BCUT2D eigenvalue weighted by atomic mass is 14.8. The Morgan fingerprint density at radius 3 is 2.38 bits per heavy atom. The van der Waals surface area contributed by atoms with Gasteiger partial charge in [0.2, 0.25) is 0 Å². The maximum absolute atomic E-state index is 5.42. The summed E-state index contributed by atoms with van der Waals surface area (Å²) < 4.78 is 0. The Hall–Kier alpha value is -1.54. The predicted octanol–water partition coefficient (Wildman–Crippen LogP) is 2.81. The number of benzene rings is 1. The average Bonchev–Trinajstić information content (AvgIpc) is 2.41. The number of rotatable bonds is 2. The Labute approximate surface area is 97.9 Å². The molecule has 0 spiro atoms. The van der Waals surface area contributed by atoms with Gasteiger partial charge in [-0.3, -0.25) is 0 Å². The summed E-state index contributed by atoms with van der Waals surface area (Å²) in [5, 5.41) is 3.03. The standard InChI is InChI=1S/C7H9N.C7H11N/c1-8-7-5-3-2-4-6-7;8-6-7-4-2-1-3-5-7/h2-6,8H,1H3;1-4,7H,5-6,8H2. The molecule has 2 heteroatoms. The summed E-state index contributed by atoms with van der Waals surface area (Å²) in [4.78, 5) is 0. The molecule has 1 aliphatic carbocycles. The Morgan fingerprint density at radius 2 is 2.00 bits per heavy atom. The molecule has 3 N–H and O–H groups in total. The van der Waals surface area contributed by atoms with Crippen LogP contribution in [0.25, 0.3) is 0 Å². The van der Waals surface area contributed by atoms with Crippen LogP contribution < -0.4 is 11.1 Å². The zero-order chi connectivity index (χ0) is 11.6. The summed E-state index contributed by atoms with van der Waals surface area (Å²) in [6, 6.07) is 10.1. The van der Waals surface area contributed by atoms with E-state index in [1.54, 1.807) is 0 Å². The van der Waals surface area contributed by atoms with Crippen LogP contribution in [0.5, 0.6) is 0 Å². The molecule has 0 saturated carbocycles. The van der Waals surface area contributed by atoms with Gasteiger partial charge in [-0.2, -0.15) is 0 Å². The number of nitrogens with two attached hydrogens (primary N) is 1. The Bertz CT molecular complexity index is 328. The molecule has 0 saturated heterocycles. The number of nitrogens with one attached hydrogen (secondary N) is 1. The molecular weight excluding hydrogens is 196 g/mol. The first-order chi connectivity index (χ1) is 7.86. The van der Waals surface area contributed by atoms with Gasteiger partial charge in [0.25, 0.3) is 0 Å². The van der Waals surface area contributed by atoms with Crippen molar-refractivity contribution >= 4 is 5.69 Å². The van der Waals surface area contributed by atoms with E-state index >= 15 is 0 Å². The van der Waals surface area contributed by atoms with Crippen molar-refractivity contribution < 1.29 is 0 Å². The lowest BCUT2D eigenvalue weighted by molar-refractivity contribution is 0.669. The van der Waals surface area contributed by atoms with Crippen molar-refractivity contribution in [1.29, 1.82) is 0 Å². The van der Waals surface area contributed by atoms with Crippen LogP contribution in [0.2, 0.25) is 0 Å². The van der Waals surface area contributed by atoms with Crippen molar-refractivity contribution in [1.82, 2.24) is 0 Å². The number of para-hydroxylation sites is 1. The third-order valence-electron chi connectivity index (χ3n) is 2.43. The van der Waals surface area contributed by atoms with E-state index in [2.05, 4.69) is 29.6 Å². The summed E-state index contributed by atoms with van der Waals surface area (Å²) in [7, 11) is 1.91. The first-order valence-corrected chi connectivity index (χ1v) is 5.63. The summed E-state index contributed by atoms with van der Waals surface area (Å²) in [6.45, 7) is 0.779. The molecule has 2 nitrogen and oxygen atoms in total. The molecule has 0 heterocycles. The summed E-state index contributed by atoms with van der Waals surface area (Å²) in [5.74, 6) is 0.597. The van der Waals surface area contributed by atoms with Gasteiger partial charge < -0.3 is 11.1 Å². The fourth-order valence-corrected chi connectivity index (χ4v) is 1.41. The van der Waals surface area contributed by atoms with Crippen LogP contribution in [-0.4, -0.2) is 13.6 Å². The van der Waals surface area contributed by atoms with Crippen LogP contribution in [-0.2, 0) is 0 Å². The minimum atomic E-state index is 0.597. The van der Waals surface area contributed by atoms with Gasteiger partial charge >= 0.3 is 0 Å². The van der Waals surface area contributed by atoms with Crippen LogP contribution in [0.15, 0.2) is 54.6 Å². The molecule has 2 rings (SSSR count). The van der Waals surface area contributed by atoms with E-state index in [1.807, 2.05) is 37.4 Å². The van der Waals surface area contributed by atoms with Gasteiger partial charge in [-0.05, 0) is 31.0 Å². The highest BCUT2D eigenvalue weighted by molar-refractivity contribution is 5.41. The number of hydrogen-bond donors (Lipinski definition) is 2. The monoisotopic (exact) mass is 216 g/mol. The van der Waals surface area contributed by atoms with Crippen molar-refractivity contribution in [3.05, 3.63) is 54.6 Å². The van der Waals surface area contributed by atoms with Crippen molar-refractivity contribution in [2.24, 2.45) is 11.7 Å². The second-order valence-electron chi connectivity index (χ2n) is 3.66. The zero-order valence-electron chi connectivity index (χ0n) is 9.77. The van der Waals surface area contributed by atoms with E-state index in [0.29, 0.717) is 5.92 Å². The molecule has 1 aliphatic rings. The van der Waals surface area contributed by atoms with Crippen LogP contribution in [0, 0.1) is 5.92 Å². The van der Waals surface area contributed by atoms with E-state index in [1.165, 1.54) is 0 Å². The van der Waals surface area contributed by atoms with Crippen molar-refractivity contribution in [3.63, 3.8) is 0 Å². The van der Waals surface area contributed by atoms with Crippen molar-refractivity contribution in [2.45, 2.75) is 6.42 Å². The van der Waals surface area contributed by atoms with Crippen LogP contribution in [0.3, 0.4) is 0 Å². The third-order valence-corrected chi connectivity index (χ3v) is 2.43. The second kappa shape index (κ2) is 7.71. The van der Waals surface area contributed by atoms with E-state index < -0.39 is 0 Å². The molecule has 0 bridgehead atoms. The molecule has 1 aromatic rings. The van der Waals surface area contributed by atoms with Gasteiger partial charge in [0.15, 0.2) is 0 Å². The van der Waals surface area contributed by atoms with Crippen LogP contribution in [0.4, 0.5) is 5.69 Å². The van der Waals surface area contributed by atoms with Gasteiger partial charge in [0, 0.05) is 12.7 Å². The maximum atomic E-state index is 5.42. The molecule has 16 heavy (non-hydrogen) atoms. The second-order valence-corrected chi connectivity index (χ2v) is 3.66. The average molecular weight is 216 g/mol. The Balaban J connectivity index is 0.000000160. The molecule has 1 atom stereocenters. The molecule has 0 fully saturated rings. The largest absolute Gasteiger partial charge is 0.388 e. The van der Waals surface area contributed by atoms with E-state index in [9.17, 15) is 0 Å². The van der Waals surface area contributed by atoms with Crippen molar-refractivity contribution in [3.8, 4) is 0 Å². The number of hydrogen-bond acceptors (Lipinski definition) is 2. The van der Waals surface area contributed by atoms with E-state index in [4.69, 9.17) is 5.73 Å². The third kappa shape index (κ3) is 4.80. The fraction of sp³-hybridized carbons (Fsp3) is 0.286. The first kappa shape index (κ1) is 12.5. The SMILES string of the molecule is CNc1ccccc1.NCC1C=CC=CC1. The quantitative estimate of drug-likeness (QED) is 0.797. The lowest BCUT2D eigenvalue weighted by Crippen LogP contribution is -2.11. The van der Waals surface area contributed by atoms with Crippen molar-refractivity contribution in [2.75, 3.05) is 18.9 Å². The van der Waals surface area contributed by atoms with Gasteiger partial charge in [-0.1, -0.05) is 42.5 Å². The maximum Gasteiger partial charge on any atom is 0.0337 e. The minimum absolute atomic E-state index is 0.597. The number of anilines is 1. The lowest BCUT2D eigenvalue weighted by atomic mass is 10.0. The normalized spacial score (nSPS) is 17.5. The molecule has 0 aliphatic heterocycles. The molecular formula is C14H20N2. The zero-order valence-corrected chi connectivity index (χ0v) is 9.77. The smallest absolute Gasteiger partial charge is 0.0337 e. The molecule has 0 aromatic heterocycles. The summed E-state index contributed by atoms with van der Waals surface area (Å²) >= 11 is 0. The van der Waals surface area contributed by atoms with Crippen LogP contribution in [0.1, 0.15) is 6.42 Å². The molecule has 0 radical (unpaired) electrons. The highest BCUT2D eigenvalue weighted by Crippen LogP contribution is 2.08. The van der Waals surface area contributed by atoms with Crippen LogP contribution >= 0.6 is 0 Å². The summed E-state index contributed by atoms with van der Waals surface area (Å²) in [5.41, 5.74) is 6.58. The molecule has 1 unspecified atom stereocenters. The van der Waals surface area contributed by atoms with Gasteiger partial charge in [-0.15, -0.1) is 0 Å². The van der Waals surface area contributed by atoms with E-state index in [0.717, 1.165) is 18.7 Å². The minimum Gasteiger partial charge on any atom is -0.388 e. The first-order valence-electron chi connectivity index (χ1n) is 5.63. The molecule has 1 aromatic carbocycles. The Kier molecular flexibility index (Phi) is 6.04. The Morgan fingerprint density at radius 1 is 1.25 bits per heavy atom. The fourth-order valence-electron chi connectivity index (χ4n) is 1.41. The van der Waals surface area contributed by atoms with E-state index in [-0.39, 0.29) is 0 Å². The molecule has 86 valence electrons. The lowest BCUT2D eigenvalue weighted by Gasteiger charge is -2.07. The van der Waals surface area contributed by atoms with Gasteiger partial charge in [0.1, 0.15) is 0 Å². The predicted molar refractivity (Wildman–Crippen MR) is 71.4 cm³/mol. The van der Waals surface area contributed by atoms with Gasteiger partial charge in [0.05, 0.1) is 0 Å².